The van der Waals surface area contributed by atoms with E-state index >= 15 is 0 Å². The Hall–Kier alpha value is -1.20. The SMILES string of the molecule is CC(C)Cc1nn2c3c(nc2s1)-c1cccc(Br)c1C3. The van der Waals surface area contributed by atoms with E-state index in [0.717, 1.165) is 23.5 Å². The second-order valence-electron chi connectivity index (χ2n) is 5.64. The van der Waals surface area contributed by atoms with Gasteiger partial charge in [-0.05, 0) is 17.5 Å². The van der Waals surface area contributed by atoms with E-state index in [0.29, 0.717) is 5.92 Å². The molecule has 0 bridgehead atoms. The fourth-order valence-corrected chi connectivity index (χ4v) is 4.39. The predicted octanol–water partition coefficient (Wildman–Crippen LogP) is 4.32. The minimum Gasteiger partial charge on any atom is -0.217 e. The summed E-state index contributed by atoms with van der Waals surface area (Å²) < 4.78 is 3.21. The highest BCUT2D eigenvalue weighted by atomic mass is 79.9. The van der Waals surface area contributed by atoms with E-state index in [1.165, 1.54) is 26.3 Å². The van der Waals surface area contributed by atoms with Crippen LogP contribution in [0.1, 0.15) is 30.1 Å². The van der Waals surface area contributed by atoms with Crippen LogP contribution in [0.2, 0.25) is 0 Å². The van der Waals surface area contributed by atoms with Crippen molar-refractivity contribution in [3.63, 3.8) is 0 Å². The number of nitrogens with zero attached hydrogens (tertiary/aromatic N) is 3. The smallest absolute Gasteiger partial charge is 0.212 e. The van der Waals surface area contributed by atoms with Crippen LogP contribution in [-0.4, -0.2) is 14.6 Å². The van der Waals surface area contributed by atoms with Crippen molar-refractivity contribution in [3.8, 4) is 11.3 Å². The van der Waals surface area contributed by atoms with Gasteiger partial charge in [0, 0.05) is 22.9 Å². The molecule has 0 saturated heterocycles. The molecule has 0 radical (unpaired) electrons. The van der Waals surface area contributed by atoms with Crippen molar-refractivity contribution < 1.29 is 0 Å². The lowest BCUT2D eigenvalue weighted by atomic mass is 10.1. The van der Waals surface area contributed by atoms with Gasteiger partial charge in [-0.3, -0.25) is 0 Å². The lowest BCUT2D eigenvalue weighted by Crippen LogP contribution is -1.97. The molecule has 2 heterocycles. The second kappa shape index (κ2) is 4.40. The molecule has 1 aliphatic rings. The molecule has 2 aromatic heterocycles. The third kappa shape index (κ3) is 1.76. The molecule has 3 nitrogen and oxygen atoms in total. The van der Waals surface area contributed by atoms with Crippen LogP contribution in [-0.2, 0) is 12.8 Å². The first kappa shape index (κ1) is 12.5. The molecule has 0 atom stereocenters. The highest BCUT2D eigenvalue weighted by Gasteiger charge is 2.27. The van der Waals surface area contributed by atoms with Crippen LogP contribution in [0.3, 0.4) is 0 Å². The van der Waals surface area contributed by atoms with Crippen LogP contribution >= 0.6 is 27.3 Å². The predicted molar refractivity (Wildman–Crippen MR) is 85.3 cm³/mol. The summed E-state index contributed by atoms with van der Waals surface area (Å²) in [6.07, 6.45) is 1.94. The number of aromatic nitrogens is 3. The molecule has 0 aliphatic heterocycles. The zero-order valence-electron chi connectivity index (χ0n) is 11.4. The van der Waals surface area contributed by atoms with E-state index in [2.05, 4.69) is 48.0 Å². The molecular weight excluding hydrogens is 334 g/mol. The molecular formula is C15H14BrN3S. The third-order valence-corrected chi connectivity index (χ3v) is 5.31. The molecule has 4 rings (SSSR count). The average Bonchev–Trinajstić information content (AvgIpc) is 2.99. The van der Waals surface area contributed by atoms with E-state index in [-0.39, 0.29) is 0 Å². The van der Waals surface area contributed by atoms with Gasteiger partial charge in [0.1, 0.15) is 5.01 Å². The monoisotopic (exact) mass is 347 g/mol. The first-order chi connectivity index (χ1) is 9.63. The summed E-state index contributed by atoms with van der Waals surface area (Å²) in [6, 6.07) is 6.32. The molecule has 0 saturated carbocycles. The van der Waals surface area contributed by atoms with Crippen molar-refractivity contribution in [1.29, 1.82) is 0 Å². The standard InChI is InChI=1S/C15H14BrN3S/c1-8(2)6-13-18-19-12-7-10-9(4-3-5-11(10)16)14(12)17-15(19)20-13/h3-5,8H,6-7H2,1-2H3. The Bertz CT molecular complexity index is 816. The maximum absolute atomic E-state index is 4.80. The Morgan fingerprint density at radius 1 is 1.40 bits per heavy atom. The molecule has 5 heteroatoms. The summed E-state index contributed by atoms with van der Waals surface area (Å²) in [4.78, 5) is 5.83. The minimum atomic E-state index is 0.630. The topological polar surface area (TPSA) is 30.2 Å². The van der Waals surface area contributed by atoms with Crippen LogP contribution in [0, 0.1) is 5.92 Å². The normalized spacial score (nSPS) is 13.2. The van der Waals surface area contributed by atoms with Gasteiger partial charge in [-0.2, -0.15) is 5.10 Å². The molecule has 0 spiro atoms. The Labute approximate surface area is 129 Å². The van der Waals surface area contributed by atoms with Crippen molar-refractivity contribution in [3.05, 3.63) is 38.9 Å². The maximum atomic E-state index is 4.80. The average molecular weight is 348 g/mol. The van der Waals surface area contributed by atoms with Crippen molar-refractivity contribution in [2.45, 2.75) is 26.7 Å². The highest BCUT2D eigenvalue weighted by Crippen LogP contribution is 2.40. The summed E-state index contributed by atoms with van der Waals surface area (Å²) in [6.45, 7) is 4.45. The van der Waals surface area contributed by atoms with E-state index in [4.69, 9.17) is 10.1 Å². The minimum absolute atomic E-state index is 0.630. The van der Waals surface area contributed by atoms with Gasteiger partial charge in [0.2, 0.25) is 4.96 Å². The number of fused-ring (bicyclic) bond motifs is 5. The van der Waals surface area contributed by atoms with Crippen LogP contribution < -0.4 is 0 Å². The lowest BCUT2D eigenvalue weighted by molar-refractivity contribution is 0.635. The van der Waals surface area contributed by atoms with Crippen molar-refractivity contribution >= 4 is 32.2 Å². The molecule has 102 valence electrons. The Balaban J connectivity index is 1.86. The lowest BCUT2D eigenvalue weighted by Gasteiger charge is -2.00. The number of hydrogen-bond acceptors (Lipinski definition) is 3. The molecule has 20 heavy (non-hydrogen) atoms. The molecule has 0 N–H and O–H groups in total. The molecule has 1 aliphatic carbocycles. The number of imidazole rings is 1. The van der Waals surface area contributed by atoms with Gasteiger partial charge in [0.25, 0.3) is 0 Å². The van der Waals surface area contributed by atoms with E-state index < -0.39 is 0 Å². The number of halogens is 1. The Morgan fingerprint density at radius 3 is 3.05 bits per heavy atom. The van der Waals surface area contributed by atoms with E-state index in [9.17, 15) is 0 Å². The highest BCUT2D eigenvalue weighted by molar-refractivity contribution is 9.10. The van der Waals surface area contributed by atoms with E-state index in [1.54, 1.807) is 11.3 Å². The van der Waals surface area contributed by atoms with Crippen molar-refractivity contribution in [1.82, 2.24) is 14.6 Å². The number of benzene rings is 1. The summed E-state index contributed by atoms with van der Waals surface area (Å²) in [5.41, 5.74) is 4.92. The van der Waals surface area contributed by atoms with Gasteiger partial charge >= 0.3 is 0 Å². The van der Waals surface area contributed by atoms with Crippen LogP contribution in [0.15, 0.2) is 22.7 Å². The maximum Gasteiger partial charge on any atom is 0.212 e. The first-order valence-corrected chi connectivity index (χ1v) is 8.39. The largest absolute Gasteiger partial charge is 0.217 e. The fraction of sp³-hybridized carbons (Fsp3) is 0.333. The van der Waals surface area contributed by atoms with Crippen molar-refractivity contribution in [2.75, 3.05) is 0 Å². The van der Waals surface area contributed by atoms with Gasteiger partial charge < -0.3 is 0 Å². The Morgan fingerprint density at radius 2 is 2.25 bits per heavy atom. The van der Waals surface area contributed by atoms with E-state index in [1.807, 2.05) is 4.52 Å². The zero-order chi connectivity index (χ0) is 13.9. The molecule has 0 unspecified atom stereocenters. The number of hydrogen-bond donors (Lipinski definition) is 0. The van der Waals surface area contributed by atoms with Gasteiger partial charge in [-0.15, -0.1) is 0 Å². The first-order valence-electron chi connectivity index (χ1n) is 6.78. The molecule has 0 fully saturated rings. The molecule has 0 amide bonds. The number of rotatable bonds is 2. The molecule has 1 aromatic carbocycles. The Kier molecular flexibility index (Phi) is 2.76. The van der Waals surface area contributed by atoms with Gasteiger partial charge in [-0.1, -0.05) is 53.2 Å². The summed E-state index contributed by atoms with van der Waals surface area (Å²) in [5.74, 6) is 0.630. The van der Waals surface area contributed by atoms with Gasteiger partial charge in [-0.25, -0.2) is 9.50 Å². The van der Waals surface area contributed by atoms with Gasteiger partial charge in [0.15, 0.2) is 0 Å². The third-order valence-electron chi connectivity index (χ3n) is 3.64. The van der Waals surface area contributed by atoms with Crippen LogP contribution in [0.5, 0.6) is 0 Å². The zero-order valence-corrected chi connectivity index (χ0v) is 13.8. The fourth-order valence-electron chi connectivity index (χ4n) is 2.76. The summed E-state index contributed by atoms with van der Waals surface area (Å²) in [5, 5.41) is 5.94. The quantitative estimate of drug-likeness (QED) is 0.540. The van der Waals surface area contributed by atoms with Crippen LogP contribution in [0.25, 0.3) is 16.2 Å². The summed E-state index contributed by atoms with van der Waals surface area (Å²) >= 11 is 5.36. The van der Waals surface area contributed by atoms with Crippen LogP contribution in [0.4, 0.5) is 0 Å². The molecule has 3 aromatic rings. The van der Waals surface area contributed by atoms with Gasteiger partial charge in [0.05, 0.1) is 11.4 Å². The van der Waals surface area contributed by atoms with Crippen molar-refractivity contribution in [2.24, 2.45) is 5.92 Å². The summed E-state index contributed by atoms with van der Waals surface area (Å²) in [7, 11) is 0. The second-order valence-corrected chi connectivity index (χ2v) is 7.53.